The first-order valence-corrected chi connectivity index (χ1v) is 11.0. The summed E-state index contributed by atoms with van der Waals surface area (Å²) in [5.41, 5.74) is 10.3. The first-order valence-electron chi connectivity index (χ1n) is 11.0. The highest BCUT2D eigenvalue weighted by atomic mass is 19.1. The van der Waals surface area contributed by atoms with Crippen molar-refractivity contribution in [3.63, 3.8) is 0 Å². The molecule has 2 aromatic carbocycles. The fourth-order valence-electron chi connectivity index (χ4n) is 4.16. The molecule has 1 aliphatic carbocycles. The van der Waals surface area contributed by atoms with Crippen LogP contribution >= 0.6 is 0 Å². The lowest BCUT2D eigenvalue weighted by Crippen LogP contribution is -1.97. The van der Waals surface area contributed by atoms with Crippen LogP contribution in [0.15, 0.2) is 53.2 Å². The Labute approximate surface area is 193 Å². The average Bonchev–Trinajstić information content (AvgIpc) is 3.46. The zero-order valence-electron chi connectivity index (χ0n) is 18.3. The quantitative estimate of drug-likeness (QED) is 0.400. The van der Waals surface area contributed by atoms with Gasteiger partial charge in [0.25, 0.3) is 0 Å². The molecule has 34 heavy (non-hydrogen) atoms. The number of hydrogen-bond donors (Lipinski definition) is 1. The van der Waals surface area contributed by atoms with Crippen LogP contribution in [-0.4, -0.2) is 24.7 Å². The predicted molar refractivity (Wildman–Crippen MR) is 122 cm³/mol. The first kappa shape index (κ1) is 20.6. The fraction of sp³-hybridized carbons (Fsp3) is 0.200. The molecule has 0 atom stereocenters. The maximum Gasteiger partial charge on any atom is 0.246 e. The van der Waals surface area contributed by atoms with Crippen molar-refractivity contribution < 1.29 is 13.2 Å². The SMILES string of the molecule is Cn1cnnc1-c1cc(F)ccc1-c1cc(-c2nc3cc(CN)cc(F)c3o2)nc(C2CC2)c1. The Bertz CT molecular complexity index is 1550. The Balaban J connectivity index is 1.54. The number of aromatic nitrogens is 5. The van der Waals surface area contributed by atoms with Crippen molar-refractivity contribution in [2.75, 3.05) is 0 Å². The van der Waals surface area contributed by atoms with E-state index in [9.17, 15) is 8.78 Å². The zero-order valence-corrected chi connectivity index (χ0v) is 18.3. The molecule has 5 aromatic rings. The van der Waals surface area contributed by atoms with Gasteiger partial charge in [-0.25, -0.2) is 18.7 Å². The van der Waals surface area contributed by atoms with Gasteiger partial charge in [-0.05, 0) is 65.9 Å². The van der Waals surface area contributed by atoms with Gasteiger partial charge in [-0.3, -0.25) is 0 Å². The molecule has 7 nitrogen and oxygen atoms in total. The molecular formula is C25H20F2N6O. The summed E-state index contributed by atoms with van der Waals surface area (Å²) in [5.74, 6) is 0.206. The van der Waals surface area contributed by atoms with E-state index in [0.29, 0.717) is 34.1 Å². The normalized spacial score (nSPS) is 13.6. The van der Waals surface area contributed by atoms with Gasteiger partial charge < -0.3 is 14.7 Å². The number of halogens is 2. The van der Waals surface area contributed by atoms with Crippen molar-refractivity contribution in [3.8, 4) is 34.1 Å². The van der Waals surface area contributed by atoms with Crippen molar-refractivity contribution in [1.29, 1.82) is 0 Å². The van der Waals surface area contributed by atoms with E-state index < -0.39 is 5.82 Å². The number of fused-ring (bicyclic) bond motifs is 1. The smallest absolute Gasteiger partial charge is 0.246 e. The lowest BCUT2D eigenvalue weighted by molar-refractivity contribution is 0.561. The van der Waals surface area contributed by atoms with Gasteiger partial charge >= 0.3 is 0 Å². The lowest BCUT2D eigenvalue weighted by atomic mass is 9.97. The van der Waals surface area contributed by atoms with E-state index >= 15 is 0 Å². The number of oxazole rings is 1. The van der Waals surface area contributed by atoms with Crippen molar-refractivity contribution in [3.05, 3.63) is 71.7 Å². The second-order valence-electron chi connectivity index (χ2n) is 8.54. The molecule has 170 valence electrons. The van der Waals surface area contributed by atoms with E-state index in [1.54, 1.807) is 30.1 Å². The Morgan fingerprint density at radius 3 is 2.65 bits per heavy atom. The van der Waals surface area contributed by atoms with Gasteiger partial charge in [-0.15, -0.1) is 10.2 Å². The van der Waals surface area contributed by atoms with Gasteiger partial charge in [0.15, 0.2) is 17.2 Å². The molecule has 0 aliphatic heterocycles. The van der Waals surface area contributed by atoms with Gasteiger partial charge in [0.05, 0.1) is 0 Å². The maximum absolute atomic E-state index is 14.5. The number of pyridine rings is 1. The molecule has 2 N–H and O–H groups in total. The highest BCUT2D eigenvalue weighted by molar-refractivity contribution is 5.83. The Morgan fingerprint density at radius 1 is 1.06 bits per heavy atom. The third-order valence-corrected chi connectivity index (χ3v) is 6.05. The summed E-state index contributed by atoms with van der Waals surface area (Å²) in [6.45, 7) is 0.198. The first-order chi connectivity index (χ1) is 16.5. The number of rotatable bonds is 5. The van der Waals surface area contributed by atoms with Gasteiger partial charge in [-0.2, -0.15) is 0 Å². The van der Waals surface area contributed by atoms with Crippen LogP contribution in [0.3, 0.4) is 0 Å². The van der Waals surface area contributed by atoms with E-state index in [-0.39, 0.29) is 23.8 Å². The molecular weight excluding hydrogens is 438 g/mol. The van der Waals surface area contributed by atoms with Crippen molar-refractivity contribution in [1.82, 2.24) is 24.7 Å². The molecule has 0 radical (unpaired) electrons. The third-order valence-electron chi connectivity index (χ3n) is 6.05. The van der Waals surface area contributed by atoms with E-state index in [1.165, 1.54) is 18.2 Å². The number of aryl methyl sites for hydroxylation is 1. The summed E-state index contributed by atoms with van der Waals surface area (Å²) >= 11 is 0. The minimum atomic E-state index is -0.515. The van der Waals surface area contributed by atoms with Crippen LogP contribution in [0.5, 0.6) is 0 Å². The molecule has 1 fully saturated rings. The number of benzene rings is 2. The summed E-state index contributed by atoms with van der Waals surface area (Å²) in [6, 6.07) is 11.5. The van der Waals surface area contributed by atoms with Crippen LogP contribution < -0.4 is 5.73 Å². The molecule has 0 saturated heterocycles. The van der Waals surface area contributed by atoms with Crippen LogP contribution in [0.25, 0.3) is 45.2 Å². The minimum Gasteiger partial charge on any atom is -0.432 e. The molecule has 9 heteroatoms. The second kappa shape index (κ2) is 7.81. The van der Waals surface area contributed by atoms with E-state index in [1.807, 2.05) is 12.1 Å². The lowest BCUT2D eigenvalue weighted by Gasteiger charge is -2.12. The molecule has 1 aliphatic rings. The molecule has 6 rings (SSSR count). The molecule has 3 aromatic heterocycles. The highest BCUT2D eigenvalue weighted by Crippen LogP contribution is 2.42. The van der Waals surface area contributed by atoms with E-state index in [4.69, 9.17) is 15.1 Å². The van der Waals surface area contributed by atoms with E-state index in [2.05, 4.69) is 15.2 Å². The molecule has 1 saturated carbocycles. The molecule has 0 bridgehead atoms. The molecule has 0 unspecified atom stereocenters. The predicted octanol–water partition coefficient (Wildman–Crippen LogP) is 4.97. The summed E-state index contributed by atoms with van der Waals surface area (Å²) in [6.07, 6.45) is 3.65. The fourth-order valence-corrected chi connectivity index (χ4v) is 4.16. The number of nitrogens with zero attached hydrogens (tertiary/aromatic N) is 5. The summed E-state index contributed by atoms with van der Waals surface area (Å²) < 4.78 is 36.3. The minimum absolute atomic E-state index is 0.0638. The van der Waals surface area contributed by atoms with Crippen molar-refractivity contribution in [2.45, 2.75) is 25.3 Å². The number of nitrogens with two attached hydrogens (primary N) is 1. The monoisotopic (exact) mass is 458 g/mol. The topological polar surface area (TPSA) is 95.7 Å². The van der Waals surface area contributed by atoms with Gasteiger partial charge in [0, 0.05) is 30.8 Å². The average molecular weight is 458 g/mol. The maximum atomic E-state index is 14.5. The van der Waals surface area contributed by atoms with Crippen LogP contribution in [0.1, 0.15) is 30.0 Å². The second-order valence-corrected chi connectivity index (χ2v) is 8.54. The molecule has 3 heterocycles. The summed E-state index contributed by atoms with van der Waals surface area (Å²) in [7, 11) is 1.81. The van der Waals surface area contributed by atoms with Crippen LogP contribution in [0.4, 0.5) is 8.78 Å². The Kier molecular flexibility index (Phi) is 4.73. The standard InChI is InChI=1S/C25H20F2N6O/c1-33-12-29-32-24(33)18-10-16(26)4-5-17(18)15-8-20(14-2-3-14)30-22(9-15)25-31-21-7-13(11-28)6-19(27)23(21)34-25/h4-10,12,14H,2-3,11,28H2,1H3. The van der Waals surface area contributed by atoms with Crippen LogP contribution in [-0.2, 0) is 13.6 Å². The van der Waals surface area contributed by atoms with Crippen LogP contribution in [0.2, 0.25) is 0 Å². The van der Waals surface area contributed by atoms with Crippen LogP contribution in [0, 0.1) is 11.6 Å². The van der Waals surface area contributed by atoms with Gasteiger partial charge in [0.2, 0.25) is 5.89 Å². The zero-order chi connectivity index (χ0) is 23.4. The van der Waals surface area contributed by atoms with Crippen molar-refractivity contribution >= 4 is 11.1 Å². The molecule has 0 amide bonds. The molecule has 0 spiro atoms. The van der Waals surface area contributed by atoms with Gasteiger partial charge in [0.1, 0.15) is 23.4 Å². The highest BCUT2D eigenvalue weighted by Gasteiger charge is 2.27. The largest absolute Gasteiger partial charge is 0.432 e. The van der Waals surface area contributed by atoms with Gasteiger partial charge in [-0.1, -0.05) is 6.07 Å². The van der Waals surface area contributed by atoms with Crippen molar-refractivity contribution in [2.24, 2.45) is 12.8 Å². The summed E-state index contributed by atoms with van der Waals surface area (Å²) in [5, 5.41) is 8.11. The third kappa shape index (κ3) is 3.54. The Hall–Kier alpha value is -3.98. The summed E-state index contributed by atoms with van der Waals surface area (Å²) in [4.78, 5) is 9.27. The Morgan fingerprint density at radius 2 is 1.91 bits per heavy atom. The number of hydrogen-bond acceptors (Lipinski definition) is 6. The van der Waals surface area contributed by atoms with E-state index in [0.717, 1.165) is 29.7 Å².